The lowest BCUT2D eigenvalue weighted by Crippen LogP contribution is -2.52. The number of rotatable bonds is 7. The molecule has 138 valence electrons. The predicted molar refractivity (Wildman–Crippen MR) is 95.5 cm³/mol. The second-order valence-electron chi connectivity index (χ2n) is 6.71. The summed E-state index contributed by atoms with van der Waals surface area (Å²) in [6.45, 7) is 6.38. The summed E-state index contributed by atoms with van der Waals surface area (Å²) in [6, 6.07) is 6.89. The lowest BCUT2D eigenvalue weighted by molar-refractivity contribution is -0.140. The summed E-state index contributed by atoms with van der Waals surface area (Å²) in [5, 5.41) is 2.92. The Hall–Kier alpha value is -2.08. The van der Waals surface area contributed by atoms with Crippen LogP contribution < -0.4 is 10.1 Å². The fraction of sp³-hybridized carbons (Fsp3) is 0.579. The smallest absolute Gasteiger partial charge is 0.245 e. The number of nitrogens with zero attached hydrogens (tertiary/aromatic N) is 1. The molecule has 0 saturated carbocycles. The molecule has 2 rings (SSSR count). The zero-order chi connectivity index (χ0) is 18.2. The number of ether oxygens (including phenoxy) is 2. The Labute approximate surface area is 149 Å². The van der Waals surface area contributed by atoms with E-state index in [1.54, 1.807) is 12.0 Å². The maximum atomic E-state index is 12.7. The van der Waals surface area contributed by atoms with Crippen molar-refractivity contribution >= 4 is 11.8 Å². The normalized spacial score (nSPS) is 15.8. The first-order chi connectivity index (χ1) is 12.0. The second kappa shape index (κ2) is 9.42. The minimum absolute atomic E-state index is 0.0138. The summed E-state index contributed by atoms with van der Waals surface area (Å²) in [7, 11) is 1.61. The van der Waals surface area contributed by atoms with Crippen LogP contribution in [0, 0.1) is 5.92 Å². The molecule has 6 nitrogen and oxygen atoms in total. The van der Waals surface area contributed by atoms with Crippen molar-refractivity contribution in [2.45, 2.75) is 32.7 Å². The SMILES string of the molecule is COc1ccc(CC(=O)N[C@@H](CC(C)C)C(=O)N2CCOCC2)cc1. The molecular weight excluding hydrogens is 320 g/mol. The van der Waals surface area contributed by atoms with E-state index in [9.17, 15) is 9.59 Å². The summed E-state index contributed by atoms with van der Waals surface area (Å²) in [4.78, 5) is 26.9. The van der Waals surface area contributed by atoms with Gasteiger partial charge in [-0.3, -0.25) is 9.59 Å². The Bertz CT molecular complexity index is 565. The van der Waals surface area contributed by atoms with E-state index in [4.69, 9.17) is 9.47 Å². The molecule has 0 radical (unpaired) electrons. The van der Waals surface area contributed by atoms with Gasteiger partial charge in [-0.05, 0) is 30.0 Å². The van der Waals surface area contributed by atoms with Gasteiger partial charge in [0.15, 0.2) is 0 Å². The topological polar surface area (TPSA) is 67.9 Å². The molecule has 1 N–H and O–H groups in total. The van der Waals surface area contributed by atoms with Crippen molar-refractivity contribution in [3.63, 3.8) is 0 Å². The molecule has 0 unspecified atom stereocenters. The van der Waals surface area contributed by atoms with E-state index in [1.165, 1.54) is 0 Å². The van der Waals surface area contributed by atoms with Crippen molar-refractivity contribution in [2.24, 2.45) is 5.92 Å². The highest BCUT2D eigenvalue weighted by Gasteiger charge is 2.27. The number of benzene rings is 1. The van der Waals surface area contributed by atoms with Crippen LogP contribution in [0.3, 0.4) is 0 Å². The van der Waals surface area contributed by atoms with Crippen molar-refractivity contribution in [1.82, 2.24) is 10.2 Å². The third-order valence-electron chi connectivity index (χ3n) is 4.19. The Morgan fingerprint density at radius 2 is 1.84 bits per heavy atom. The summed E-state index contributed by atoms with van der Waals surface area (Å²) >= 11 is 0. The summed E-state index contributed by atoms with van der Waals surface area (Å²) in [5.74, 6) is 0.915. The third-order valence-corrected chi connectivity index (χ3v) is 4.19. The fourth-order valence-electron chi connectivity index (χ4n) is 2.87. The molecule has 1 aromatic rings. The minimum atomic E-state index is -0.483. The lowest BCUT2D eigenvalue weighted by atomic mass is 10.0. The maximum Gasteiger partial charge on any atom is 0.245 e. The number of hydrogen-bond donors (Lipinski definition) is 1. The van der Waals surface area contributed by atoms with E-state index >= 15 is 0 Å². The van der Waals surface area contributed by atoms with Crippen molar-refractivity contribution in [3.05, 3.63) is 29.8 Å². The average molecular weight is 348 g/mol. The van der Waals surface area contributed by atoms with Gasteiger partial charge in [-0.1, -0.05) is 26.0 Å². The van der Waals surface area contributed by atoms with Gasteiger partial charge in [0.1, 0.15) is 11.8 Å². The molecule has 1 aliphatic heterocycles. The molecule has 1 aromatic carbocycles. The molecule has 25 heavy (non-hydrogen) atoms. The summed E-state index contributed by atoms with van der Waals surface area (Å²) < 4.78 is 10.4. The molecule has 1 saturated heterocycles. The first-order valence-electron chi connectivity index (χ1n) is 8.78. The van der Waals surface area contributed by atoms with Gasteiger partial charge in [-0.25, -0.2) is 0 Å². The highest BCUT2D eigenvalue weighted by atomic mass is 16.5. The fourth-order valence-corrected chi connectivity index (χ4v) is 2.87. The number of nitrogens with one attached hydrogen (secondary N) is 1. The molecule has 1 atom stereocenters. The third kappa shape index (κ3) is 6.05. The zero-order valence-corrected chi connectivity index (χ0v) is 15.3. The number of carbonyl (C=O) groups excluding carboxylic acids is 2. The van der Waals surface area contributed by atoms with Gasteiger partial charge in [0.2, 0.25) is 11.8 Å². The van der Waals surface area contributed by atoms with Crippen molar-refractivity contribution in [1.29, 1.82) is 0 Å². The van der Waals surface area contributed by atoms with Crippen molar-refractivity contribution in [2.75, 3.05) is 33.4 Å². The van der Waals surface area contributed by atoms with Gasteiger partial charge in [0, 0.05) is 13.1 Å². The Balaban J connectivity index is 1.96. The van der Waals surface area contributed by atoms with Gasteiger partial charge in [0.05, 0.1) is 26.7 Å². The zero-order valence-electron chi connectivity index (χ0n) is 15.3. The number of carbonyl (C=O) groups is 2. The highest BCUT2D eigenvalue weighted by molar-refractivity contribution is 5.88. The first-order valence-corrected chi connectivity index (χ1v) is 8.78. The van der Waals surface area contributed by atoms with Crippen LogP contribution >= 0.6 is 0 Å². The molecular formula is C19H28N2O4. The van der Waals surface area contributed by atoms with Gasteiger partial charge >= 0.3 is 0 Å². The van der Waals surface area contributed by atoms with E-state index in [-0.39, 0.29) is 18.2 Å². The van der Waals surface area contributed by atoms with E-state index in [2.05, 4.69) is 19.2 Å². The average Bonchev–Trinajstić information content (AvgIpc) is 2.61. The number of morpholine rings is 1. The van der Waals surface area contributed by atoms with Crippen molar-refractivity contribution < 1.29 is 19.1 Å². The lowest BCUT2D eigenvalue weighted by Gasteiger charge is -2.31. The van der Waals surface area contributed by atoms with Crippen LogP contribution in [-0.2, 0) is 20.7 Å². The molecule has 0 spiro atoms. The number of hydrogen-bond acceptors (Lipinski definition) is 4. The van der Waals surface area contributed by atoms with E-state index in [1.807, 2.05) is 24.3 Å². The second-order valence-corrected chi connectivity index (χ2v) is 6.71. The molecule has 6 heteroatoms. The van der Waals surface area contributed by atoms with Gasteiger partial charge < -0.3 is 19.7 Å². The van der Waals surface area contributed by atoms with E-state index in [0.29, 0.717) is 38.6 Å². The molecule has 0 bridgehead atoms. The van der Waals surface area contributed by atoms with E-state index < -0.39 is 6.04 Å². The van der Waals surface area contributed by atoms with Crippen LogP contribution in [0.2, 0.25) is 0 Å². The minimum Gasteiger partial charge on any atom is -0.497 e. The van der Waals surface area contributed by atoms with Crippen LogP contribution in [0.4, 0.5) is 0 Å². The Morgan fingerprint density at radius 1 is 1.20 bits per heavy atom. The summed E-state index contributed by atoms with van der Waals surface area (Å²) in [6.07, 6.45) is 0.875. The van der Waals surface area contributed by atoms with Gasteiger partial charge in [-0.15, -0.1) is 0 Å². The van der Waals surface area contributed by atoms with Gasteiger partial charge in [0.25, 0.3) is 0 Å². The first kappa shape index (κ1) is 19.2. The molecule has 0 aliphatic carbocycles. The quantitative estimate of drug-likeness (QED) is 0.813. The standard InChI is InChI=1S/C19H28N2O4/c1-14(2)12-17(19(23)21-8-10-25-11-9-21)20-18(22)13-15-4-6-16(24-3)7-5-15/h4-7,14,17H,8-13H2,1-3H3,(H,20,22)/t17-/m0/s1. The van der Waals surface area contributed by atoms with Crippen LogP contribution in [0.15, 0.2) is 24.3 Å². The van der Waals surface area contributed by atoms with Crippen LogP contribution in [-0.4, -0.2) is 56.2 Å². The number of methoxy groups -OCH3 is 1. The van der Waals surface area contributed by atoms with Gasteiger partial charge in [-0.2, -0.15) is 0 Å². The Morgan fingerprint density at radius 3 is 2.40 bits per heavy atom. The van der Waals surface area contributed by atoms with E-state index in [0.717, 1.165) is 11.3 Å². The Kier molecular flexibility index (Phi) is 7.25. The molecule has 1 aliphatic rings. The van der Waals surface area contributed by atoms with Crippen LogP contribution in [0.25, 0.3) is 0 Å². The number of amides is 2. The predicted octanol–water partition coefficient (Wildman–Crippen LogP) is 1.63. The molecule has 1 heterocycles. The van der Waals surface area contributed by atoms with Crippen LogP contribution in [0.5, 0.6) is 5.75 Å². The summed E-state index contributed by atoms with van der Waals surface area (Å²) in [5.41, 5.74) is 0.889. The molecule has 0 aromatic heterocycles. The molecule has 2 amide bonds. The highest BCUT2D eigenvalue weighted by Crippen LogP contribution is 2.13. The van der Waals surface area contributed by atoms with Crippen LogP contribution in [0.1, 0.15) is 25.8 Å². The van der Waals surface area contributed by atoms with Crippen molar-refractivity contribution in [3.8, 4) is 5.75 Å². The monoisotopic (exact) mass is 348 g/mol. The molecule has 1 fully saturated rings. The largest absolute Gasteiger partial charge is 0.497 e. The maximum absolute atomic E-state index is 12.7.